The van der Waals surface area contributed by atoms with Gasteiger partial charge in [0.1, 0.15) is 5.76 Å². The van der Waals surface area contributed by atoms with Gasteiger partial charge in [-0.2, -0.15) is 0 Å². The molecule has 0 saturated heterocycles. The molecule has 11 heavy (non-hydrogen) atoms. The van der Waals surface area contributed by atoms with Crippen molar-refractivity contribution < 1.29 is 4.74 Å². The van der Waals surface area contributed by atoms with Crippen molar-refractivity contribution in [3.05, 3.63) is 23.5 Å². The molecule has 0 aliphatic heterocycles. The molecule has 0 saturated carbocycles. The van der Waals surface area contributed by atoms with Crippen molar-refractivity contribution in [1.29, 1.82) is 0 Å². The highest BCUT2D eigenvalue weighted by atomic mass is 16.5. The highest BCUT2D eigenvalue weighted by molar-refractivity contribution is 5.24. The summed E-state index contributed by atoms with van der Waals surface area (Å²) in [6, 6.07) is 0. The normalized spacial score (nSPS) is 17.8. The molecular weight excluding hydrogens is 136 g/mol. The predicted octanol–water partition coefficient (Wildman–Crippen LogP) is 2.89. The maximum atomic E-state index is 5.16. The molecular formula is C10H16O. The summed E-state index contributed by atoms with van der Waals surface area (Å²) in [5.41, 5.74) is 1.50. The molecule has 0 bridgehead atoms. The molecule has 0 aromatic carbocycles. The summed E-state index contributed by atoms with van der Waals surface area (Å²) in [5.74, 6) is 1.69. The number of ether oxygens (including phenoxy) is 1. The summed E-state index contributed by atoms with van der Waals surface area (Å²) in [5, 5.41) is 0. The van der Waals surface area contributed by atoms with E-state index in [0.717, 1.165) is 12.2 Å². The zero-order chi connectivity index (χ0) is 8.27. The van der Waals surface area contributed by atoms with Crippen LogP contribution in [-0.2, 0) is 4.74 Å². The average molecular weight is 152 g/mol. The second kappa shape index (κ2) is 3.61. The van der Waals surface area contributed by atoms with Gasteiger partial charge in [-0.05, 0) is 30.9 Å². The fourth-order valence-electron chi connectivity index (χ4n) is 1.29. The van der Waals surface area contributed by atoms with Gasteiger partial charge in [0.05, 0.1) is 7.11 Å². The van der Waals surface area contributed by atoms with Gasteiger partial charge in [-0.1, -0.05) is 19.4 Å². The molecule has 0 amide bonds. The zero-order valence-electron chi connectivity index (χ0n) is 7.55. The molecule has 0 N–H and O–H groups in total. The van der Waals surface area contributed by atoms with E-state index in [1.165, 1.54) is 12.0 Å². The van der Waals surface area contributed by atoms with Crippen LogP contribution in [0, 0.1) is 5.92 Å². The number of methoxy groups -OCH3 is 1. The van der Waals surface area contributed by atoms with Crippen LogP contribution >= 0.6 is 0 Å². The molecule has 0 atom stereocenters. The van der Waals surface area contributed by atoms with Gasteiger partial charge in [-0.25, -0.2) is 0 Å². The van der Waals surface area contributed by atoms with Gasteiger partial charge in [-0.3, -0.25) is 0 Å². The third-order valence-corrected chi connectivity index (χ3v) is 2.08. The van der Waals surface area contributed by atoms with E-state index in [9.17, 15) is 0 Å². The molecule has 1 nitrogen and oxygen atoms in total. The summed E-state index contributed by atoms with van der Waals surface area (Å²) in [6.07, 6.45) is 6.64. The van der Waals surface area contributed by atoms with E-state index in [-0.39, 0.29) is 0 Å². The fourth-order valence-corrected chi connectivity index (χ4v) is 1.29. The van der Waals surface area contributed by atoms with Crippen LogP contribution < -0.4 is 0 Å². The molecule has 62 valence electrons. The van der Waals surface area contributed by atoms with Gasteiger partial charge in [0.15, 0.2) is 0 Å². The molecule has 0 unspecified atom stereocenters. The minimum Gasteiger partial charge on any atom is -0.497 e. The quantitative estimate of drug-likeness (QED) is 0.591. The number of allylic oxidation sites excluding steroid dienone is 3. The van der Waals surface area contributed by atoms with Crippen molar-refractivity contribution in [3.63, 3.8) is 0 Å². The summed E-state index contributed by atoms with van der Waals surface area (Å²) >= 11 is 0. The molecule has 0 heterocycles. The third kappa shape index (κ3) is 2.11. The van der Waals surface area contributed by atoms with Crippen LogP contribution in [0.2, 0.25) is 0 Å². The molecule has 0 fully saturated rings. The van der Waals surface area contributed by atoms with Crippen LogP contribution in [0.3, 0.4) is 0 Å². The van der Waals surface area contributed by atoms with Crippen molar-refractivity contribution >= 4 is 0 Å². The molecule has 0 aromatic rings. The van der Waals surface area contributed by atoms with Crippen molar-refractivity contribution in [2.45, 2.75) is 26.7 Å². The van der Waals surface area contributed by atoms with Gasteiger partial charge in [0.2, 0.25) is 0 Å². The molecule has 1 rings (SSSR count). The van der Waals surface area contributed by atoms with Crippen LogP contribution in [-0.4, -0.2) is 7.11 Å². The molecule has 1 aliphatic rings. The lowest BCUT2D eigenvalue weighted by Gasteiger charge is -2.15. The second-order valence-corrected chi connectivity index (χ2v) is 3.22. The number of hydrogen-bond acceptors (Lipinski definition) is 1. The highest BCUT2D eigenvalue weighted by Gasteiger charge is 2.07. The lowest BCUT2D eigenvalue weighted by molar-refractivity contribution is 0.302. The van der Waals surface area contributed by atoms with Crippen LogP contribution in [0.4, 0.5) is 0 Å². The largest absolute Gasteiger partial charge is 0.497 e. The van der Waals surface area contributed by atoms with Crippen LogP contribution in [0.5, 0.6) is 0 Å². The first-order valence-electron chi connectivity index (χ1n) is 4.18. The van der Waals surface area contributed by atoms with Crippen LogP contribution in [0.15, 0.2) is 23.5 Å². The Morgan fingerprint density at radius 2 is 2.18 bits per heavy atom. The van der Waals surface area contributed by atoms with Crippen molar-refractivity contribution in [3.8, 4) is 0 Å². The van der Waals surface area contributed by atoms with Gasteiger partial charge >= 0.3 is 0 Å². The van der Waals surface area contributed by atoms with E-state index < -0.39 is 0 Å². The van der Waals surface area contributed by atoms with E-state index in [1.807, 2.05) is 0 Å². The first-order chi connectivity index (χ1) is 5.24. The van der Waals surface area contributed by atoms with Gasteiger partial charge in [-0.15, -0.1) is 0 Å². The Morgan fingerprint density at radius 1 is 1.45 bits per heavy atom. The smallest absolute Gasteiger partial charge is 0.114 e. The minimum absolute atomic E-state index is 0.661. The first kappa shape index (κ1) is 8.38. The Kier molecular flexibility index (Phi) is 2.75. The van der Waals surface area contributed by atoms with Crippen molar-refractivity contribution in [2.75, 3.05) is 7.11 Å². The van der Waals surface area contributed by atoms with Crippen LogP contribution in [0.25, 0.3) is 0 Å². The van der Waals surface area contributed by atoms with Crippen molar-refractivity contribution in [2.24, 2.45) is 5.92 Å². The van der Waals surface area contributed by atoms with Gasteiger partial charge in [0, 0.05) is 0 Å². The van der Waals surface area contributed by atoms with E-state index in [0.29, 0.717) is 5.92 Å². The fraction of sp³-hybridized carbons (Fsp3) is 0.600. The van der Waals surface area contributed by atoms with Crippen molar-refractivity contribution in [1.82, 2.24) is 0 Å². The standard InChI is InChI=1S/C10H16O/c1-8(2)9-5-4-6-10(7-9)11-3/h6-8H,4-5H2,1-3H3. The summed E-state index contributed by atoms with van der Waals surface area (Å²) in [6.45, 7) is 4.45. The zero-order valence-corrected chi connectivity index (χ0v) is 7.55. The Morgan fingerprint density at radius 3 is 2.73 bits per heavy atom. The Hall–Kier alpha value is -0.720. The maximum absolute atomic E-state index is 5.16. The molecule has 1 aliphatic carbocycles. The highest BCUT2D eigenvalue weighted by Crippen LogP contribution is 2.23. The van der Waals surface area contributed by atoms with E-state index in [4.69, 9.17) is 4.74 Å². The van der Waals surface area contributed by atoms with Crippen LogP contribution in [0.1, 0.15) is 26.7 Å². The summed E-state index contributed by atoms with van der Waals surface area (Å²) < 4.78 is 5.16. The molecule has 0 spiro atoms. The summed E-state index contributed by atoms with van der Waals surface area (Å²) in [7, 11) is 1.73. The SMILES string of the molecule is COC1=CCCC(C(C)C)=C1. The predicted molar refractivity (Wildman–Crippen MR) is 47.2 cm³/mol. The molecule has 0 radical (unpaired) electrons. The van der Waals surface area contributed by atoms with E-state index >= 15 is 0 Å². The van der Waals surface area contributed by atoms with Gasteiger partial charge < -0.3 is 4.74 Å². The lowest BCUT2D eigenvalue weighted by Crippen LogP contribution is -1.99. The topological polar surface area (TPSA) is 9.23 Å². The third-order valence-electron chi connectivity index (χ3n) is 2.08. The van der Waals surface area contributed by atoms with E-state index in [1.54, 1.807) is 7.11 Å². The monoisotopic (exact) mass is 152 g/mol. The number of rotatable bonds is 2. The second-order valence-electron chi connectivity index (χ2n) is 3.22. The van der Waals surface area contributed by atoms with E-state index in [2.05, 4.69) is 26.0 Å². The van der Waals surface area contributed by atoms with Gasteiger partial charge in [0.25, 0.3) is 0 Å². The Labute approximate surface area is 68.8 Å². The Balaban J connectivity index is 2.68. The summed E-state index contributed by atoms with van der Waals surface area (Å²) in [4.78, 5) is 0. The average Bonchev–Trinajstić information content (AvgIpc) is 2.05. The first-order valence-corrected chi connectivity index (χ1v) is 4.18. The lowest BCUT2D eigenvalue weighted by atomic mass is 9.94. The minimum atomic E-state index is 0.661. The molecule has 0 aromatic heterocycles. The molecule has 1 heteroatoms. The maximum Gasteiger partial charge on any atom is 0.114 e. The number of hydrogen-bond donors (Lipinski definition) is 0. The Bertz CT molecular complexity index is 187.